The number of benzene rings is 3. The third kappa shape index (κ3) is 4.12. The number of nitrogens with zero attached hydrogens (tertiary/aromatic N) is 1. The van der Waals surface area contributed by atoms with Gasteiger partial charge in [0, 0.05) is 6.54 Å². The maximum atomic E-state index is 14.0. The van der Waals surface area contributed by atoms with E-state index in [0.717, 1.165) is 11.6 Å². The largest absolute Gasteiger partial charge is 0.504 e. The van der Waals surface area contributed by atoms with E-state index in [1.54, 1.807) is 32.4 Å². The van der Waals surface area contributed by atoms with E-state index in [-0.39, 0.29) is 40.3 Å². The maximum Gasteiger partial charge on any atom is 0.290 e. The van der Waals surface area contributed by atoms with Crippen molar-refractivity contribution in [2.24, 2.45) is 0 Å². The van der Waals surface area contributed by atoms with Gasteiger partial charge in [0.05, 0.1) is 38.3 Å². The number of phenolic OH excluding ortho intramolecular Hbond substituents is 1. The Labute approximate surface area is 211 Å². The van der Waals surface area contributed by atoms with E-state index in [1.165, 1.54) is 30.2 Å². The number of phenols is 1. The van der Waals surface area contributed by atoms with Crippen molar-refractivity contribution in [3.63, 3.8) is 0 Å². The highest BCUT2D eigenvalue weighted by molar-refractivity contribution is 5.99. The highest BCUT2D eigenvalue weighted by atomic mass is 19.1. The van der Waals surface area contributed by atoms with E-state index < -0.39 is 23.2 Å². The summed E-state index contributed by atoms with van der Waals surface area (Å²) in [6.07, 6.45) is 0.439. The number of hydrogen-bond donors (Lipinski definition) is 1. The van der Waals surface area contributed by atoms with Gasteiger partial charge in [0.1, 0.15) is 11.4 Å². The number of hydrogen-bond acceptors (Lipinski definition) is 7. The smallest absolute Gasteiger partial charge is 0.290 e. The van der Waals surface area contributed by atoms with E-state index in [9.17, 15) is 19.1 Å². The lowest BCUT2D eigenvalue weighted by atomic mass is 9.97. The molecule has 3 aromatic carbocycles. The number of amides is 1. The van der Waals surface area contributed by atoms with Crippen LogP contribution in [0.1, 0.15) is 33.3 Å². The van der Waals surface area contributed by atoms with Gasteiger partial charge in [-0.2, -0.15) is 0 Å². The van der Waals surface area contributed by atoms with Crippen molar-refractivity contribution >= 4 is 16.9 Å². The standard InChI is InChI=1S/C28H24FNO7/c1-34-21-8-4-15(12-23(21)36-3)10-11-30-25(16-5-7-19(31)22(13-16)35-2)24-26(32)18-14-17(29)6-9-20(18)37-27(24)28(30)33/h4-9,12-14,25,31H,10-11H2,1-3H3. The van der Waals surface area contributed by atoms with Crippen LogP contribution < -0.4 is 19.6 Å². The van der Waals surface area contributed by atoms with Crippen LogP contribution in [0.25, 0.3) is 11.0 Å². The molecule has 1 atom stereocenters. The van der Waals surface area contributed by atoms with Gasteiger partial charge in [0.15, 0.2) is 28.4 Å². The average molecular weight is 505 g/mol. The van der Waals surface area contributed by atoms with Crippen LogP contribution >= 0.6 is 0 Å². The minimum Gasteiger partial charge on any atom is -0.504 e. The lowest BCUT2D eigenvalue weighted by molar-refractivity contribution is 0.0730. The summed E-state index contributed by atoms with van der Waals surface area (Å²) >= 11 is 0. The van der Waals surface area contributed by atoms with Crippen LogP contribution in [0.2, 0.25) is 0 Å². The van der Waals surface area contributed by atoms with Gasteiger partial charge in [-0.3, -0.25) is 9.59 Å². The average Bonchev–Trinajstić information content (AvgIpc) is 3.19. The predicted octanol–water partition coefficient (Wildman–Crippen LogP) is 4.45. The molecule has 0 bridgehead atoms. The summed E-state index contributed by atoms with van der Waals surface area (Å²) in [4.78, 5) is 28.7. The van der Waals surface area contributed by atoms with Crippen molar-refractivity contribution < 1.29 is 32.9 Å². The Hall–Kier alpha value is -4.53. The first-order valence-corrected chi connectivity index (χ1v) is 11.5. The molecule has 0 saturated heterocycles. The Morgan fingerprint density at radius 1 is 0.919 bits per heavy atom. The quantitative estimate of drug-likeness (QED) is 0.396. The first-order valence-electron chi connectivity index (χ1n) is 11.5. The Bertz CT molecular complexity index is 1580. The van der Waals surface area contributed by atoms with E-state index in [4.69, 9.17) is 18.6 Å². The lowest BCUT2D eigenvalue weighted by Crippen LogP contribution is -2.31. The molecule has 0 radical (unpaired) electrons. The maximum absolute atomic E-state index is 14.0. The van der Waals surface area contributed by atoms with Gasteiger partial charge >= 0.3 is 0 Å². The Morgan fingerprint density at radius 3 is 2.41 bits per heavy atom. The first kappa shape index (κ1) is 24.2. The number of aromatic hydroxyl groups is 1. The number of methoxy groups -OCH3 is 3. The first-order chi connectivity index (χ1) is 17.9. The normalized spacial score (nSPS) is 14.6. The number of halogens is 1. The topological polar surface area (TPSA) is 98.4 Å². The molecule has 0 aliphatic carbocycles. The molecule has 0 spiro atoms. The number of carbonyl (C=O) groups is 1. The second kappa shape index (κ2) is 9.50. The fourth-order valence-electron chi connectivity index (χ4n) is 4.72. The van der Waals surface area contributed by atoms with Crippen molar-refractivity contribution in [2.45, 2.75) is 12.5 Å². The molecule has 9 heteroatoms. The minimum atomic E-state index is -0.832. The van der Waals surface area contributed by atoms with E-state index >= 15 is 0 Å². The predicted molar refractivity (Wildman–Crippen MR) is 133 cm³/mol. The van der Waals surface area contributed by atoms with Crippen molar-refractivity contribution in [1.82, 2.24) is 4.90 Å². The highest BCUT2D eigenvalue weighted by Crippen LogP contribution is 2.41. The monoisotopic (exact) mass is 505 g/mol. The van der Waals surface area contributed by atoms with Gasteiger partial charge in [-0.15, -0.1) is 0 Å². The van der Waals surface area contributed by atoms with Crippen LogP contribution in [0.4, 0.5) is 4.39 Å². The summed E-state index contributed by atoms with van der Waals surface area (Å²) in [6, 6.07) is 12.9. The zero-order valence-electron chi connectivity index (χ0n) is 20.4. The molecule has 8 nitrogen and oxygen atoms in total. The van der Waals surface area contributed by atoms with E-state index in [0.29, 0.717) is 23.5 Å². The van der Waals surface area contributed by atoms with Gasteiger partial charge in [-0.25, -0.2) is 4.39 Å². The number of ether oxygens (including phenoxy) is 3. The number of carbonyl (C=O) groups excluding carboxylic acids is 1. The van der Waals surface area contributed by atoms with Crippen LogP contribution in [-0.2, 0) is 6.42 Å². The second-order valence-electron chi connectivity index (χ2n) is 8.59. The molecule has 37 heavy (non-hydrogen) atoms. The molecule has 2 heterocycles. The Kier molecular flexibility index (Phi) is 6.20. The molecular weight excluding hydrogens is 481 g/mol. The van der Waals surface area contributed by atoms with Crippen molar-refractivity contribution in [3.05, 3.63) is 93.1 Å². The molecule has 190 valence electrons. The van der Waals surface area contributed by atoms with Crippen LogP contribution in [0.3, 0.4) is 0 Å². The Morgan fingerprint density at radius 2 is 1.68 bits per heavy atom. The third-order valence-electron chi connectivity index (χ3n) is 6.54. The molecule has 5 rings (SSSR count). The van der Waals surface area contributed by atoms with Gasteiger partial charge in [0.2, 0.25) is 5.76 Å². The summed E-state index contributed by atoms with van der Waals surface area (Å²) in [5, 5.41) is 10.2. The van der Waals surface area contributed by atoms with Gasteiger partial charge in [0.25, 0.3) is 5.91 Å². The van der Waals surface area contributed by atoms with Crippen LogP contribution in [0, 0.1) is 5.82 Å². The van der Waals surface area contributed by atoms with Gasteiger partial charge < -0.3 is 28.6 Å². The molecule has 1 unspecified atom stereocenters. The fraction of sp³-hybridized carbons (Fsp3) is 0.214. The summed E-state index contributed by atoms with van der Waals surface area (Å²) in [7, 11) is 4.50. The van der Waals surface area contributed by atoms with E-state index in [2.05, 4.69) is 0 Å². The molecule has 1 N–H and O–H groups in total. The molecule has 1 aromatic heterocycles. The van der Waals surface area contributed by atoms with Crippen molar-refractivity contribution in [3.8, 4) is 23.0 Å². The lowest BCUT2D eigenvalue weighted by Gasteiger charge is -2.25. The van der Waals surface area contributed by atoms with Crippen molar-refractivity contribution in [1.29, 1.82) is 0 Å². The second-order valence-corrected chi connectivity index (χ2v) is 8.59. The minimum absolute atomic E-state index is 0.0454. The molecular formula is C28H24FNO7. The molecule has 0 fully saturated rings. The third-order valence-corrected chi connectivity index (χ3v) is 6.54. The van der Waals surface area contributed by atoms with Crippen LogP contribution in [0.15, 0.2) is 63.8 Å². The SMILES string of the molecule is COc1cc(C2c3c(oc4ccc(F)cc4c3=O)C(=O)N2CCc2ccc(OC)c(OC)c2)ccc1O. The van der Waals surface area contributed by atoms with Gasteiger partial charge in [-0.1, -0.05) is 12.1 Å². The summed E-state index contributed by atoms with van der Waals surface area (Å²) < 4.78 is 35.8. The van der Waals surface area contributed by atoms with Crippen LogP contribution in [0.5, 0.6) is 23.0 Å². The summed E-state index contributed by atoms with van der Waals surface area (Å²) in [6.45, 7) is 0.233. The molecule has 1 aliphatic heterocycles. The molecule has 4 aromatic rings. The number of rotatable bonds is 7. The number of fused-ring (bicyclic) bond motifs is 2. The molecule has 0 saturated carbocycles. The summed E-state index contributed by atoms with van der Waals surface area (Å²) in [5.41, 5.74) is 1.17. The highest BCUT2D eigenvalue weighted by Gasteiger charge is 2.42. The molecule has 1 aliphatic rings. The van der Waals surface area contributed by atoms with E-state index in [1.807, 2.05) is 12.1 Å². The summed E-state index contributed by atoms with van der Waals surface area (Å²) in [5.74, 6) is 0.107. The van der Waals surface area contributed by atoms with Crippen molar-refractivity contribution in [2.75, 3.05) is 27.9 Å². The van der Waals surface area contributed by atoms with Gasteiger partial charge in [-0.05, 0) is 60.0 Å². The Balaban J connectivity index is 1.61. The zero-order valence-corrected chi connectivity index (χ0v) is 20.4. The fourth-order valence-corrected chi connectivity index (χ4v) is 4.72. The van der Waals surface area contributed by atoms with Crippen LogP contribution in [-0.4, -0.2) is 43.8 Å². The molecule has 1 amide bonds. The zero-order chi connectivity index (χ0) is 26.3.